The predicted molar refractivity (Wildman–Crippen MR) is 92.0 cm³/mol. The van der Waals surface area contributed by atoms with Crippen molar-refractivity contribution in [3.05, 3.63) is 0 Å². The van der Waals surface area contributed by atoms with Crippen LogP contribution in [-0.2, 0) is 33.9 Å². The summed E-state index contributed by atoms with van der Waals surface area (Å²) in [6, 6.07) is 0. The predicted octanol–water partition coefficient (Wildman–Crippen LogP) is 1.25. The monoisotopic (exact) mass is 400 g/mol. The Balaban J connectivity index is 2.23. The molecule has 26 heavy (non-hydrogen) atoms. The molecule has 144 valence electrons. The van der Waals surface area contributed by atoms with Gasteiger partial charge in [-0.05, 0) is 0 Å². The van der Waals surface area contributed by atoms with Crippen LogP contribution < -0.4 is 0 Å². The summed E-state index contributed by atoms with van der Waals surface area (Å²) in [5.41, 5.74) is 0. The zero-order valence-corrected chi connectivity index (χ0v) is 18.3. The molecule has 2 aliphatic carbocycles. The normalized spacial score (nSPS) is 35.6. The third-order valence-corrected chi connectivity index (χ3v) is 8.22. The van der Waals surface area contributed by atoms with Crippen LogP contribution in [0.2, 0.25) is 3.17 Å². The summed E-state index contributed by atoms with van der Waals surface area (Å²) in [5.74, 6) is -2.07. The zero-order chi connectivity index (χ0) is 19.5. The maximum absolute atomic E-state index is 12.1. The van der Waals surface area contributed by atoms with E-state index in [-0.39, 0.29) is 32.1 Å². The molecule has 2 saturated carbocycles. The first-order valence-electron chi connectivity index (χ1n) is 8.92. The summed E-state index contributed by atoms with van der Waals surface area (Å²) in [7, 11) is -1.90. The second-order valence-corrected chi connectivity index (χ2v) is 10.8. The summed E-state index contributed by atoms with van der Waals surface area (Å²) >= 11 is 0.963. The first-order chi connectivity index (χ1) is 12.1. The van der Waals surface area contributed by atoms with Crippen molar-refractivity contribution in [1.29, 1.82) is 0 Å². The Morgan fingerprint density at radius 2 is 1.46 bits per heavy atom. The Kier molecular flexibility index (Phi) is 7.54. The second kappa shape index (κ2) is 8.87. The van der Waals surface area contributed by atoms with Crippen LogP contribution in [0.3, 0.4) is 0 Å². The van der Waals surface area contributed by atoms with Crippen molar-refractivity contribution < 1.29 is 36.8 Å². The van der Waals surface area contributed by atoms with Gasteiger partial charge in [-0.3, -0.25) is 0 Å². The molecule has 0 spiro atoms. The van der Waals surface area contributed by atoms with Crippen molar-refractivity contribution in [2.24, 2.45) is 11.8 Å². The minimum absolute atomic E-state index is 0.224. The molecular weight excluding hydrogens is 375 g/mol. The number of rotatable bonds is 5. The molecule has 0 aromatic carbocycles. The third kappa shape index (κ3) is 4.99. The average molecular weight is 400 g/mol. The van der Waals surface area contributed by atoms with Gasteiger partial charge in [0.15, 0.2) is 0 Å². The average Bonchev–Trinajstić information content (AvgIpc) is 2.61. The second-order valence-electron chi connectivity index (χ2n) is 7.46. The van der Waals surface area contributed by atoms with Gasteiger partial charge in [-0.25, -0.2) is 0 Å². The van der Waals surface area contributed by atoms with Gasteiger partial charge in [0.2, 0.25) is 0 Å². The van der Waals surface area contributed by atoms with Gasteiger partial charge < -0.3 is 0 Å². The number of carbonyl (C=O) groups excluding carboxylic acids is 2. The zero-order valence-electron chi connectivity index (χ0n) is 15.5. The van der Waals surface area contributed by atoms with E-state index in [2.05, 4.69) is 0 Å². The van der Waals surface area contributed by atoms with E-state index in [0.717, 1.165) is 27.9 Å². The minimum atomic E-state index is -4.44. The number of hydrogen-bond donors (Lipinski definition) is 1. The van der Waals surface area contributed by atoms with E-state index >= 15 is 0 Å². The first kappa shape index (κ1) is 22.1. The van der Waals surface area contributed by atoms with Crippen molar-refractivity contribution in [1.82, 2.24) is 0 Å². The summed E-state index contributed by atoms with van der Waals surface area (Å²) < 4.78 is 50.0. The van der Waals surface area contributed by atoms with Crippen molar-refractivity contribution in [2.45, 2.75) is 59.2 Å². The van der Waals surface area contributed by atoms with Crippen LogP contribution in [0.25, 0.3) is 0 Å². The molecule has 0 aromatic rings. The van der Waals surface area contributed by atoms with Crippen molar-refractivity contribution in [2.75, 3.05) is 14.2 Å². The SMILES string of the molecule is COC(=O)C1CC(OC2(S(=O)(=O)O)CC[CH]([Na])CC2)CC(C(=O)OC)C1. The number of esters is 2. The van der Waals surface area contributed by atoms with E-state index in [4.69, 9.17) is 14.2 Å². The molecule has 0 heterocycles. The summed E-state index contributed by atoms with van der Waals surface area (Å²) in [6.45, 7) is 0. The van der Waals surface area contributed by atoms with Crippen molar-refractivity contribution >= 4 is 50.0 Å². The Bertz CT molecular complexity index is 602. The molecule has 2 rings (SSSR count). The molecule has 0 bridgehead atoms. The third-order valence-electron chi connectivity index (χ3n) is 5.62. The van der Waals surface area contributed by atoms with E-state index in [0.29, 0.717) is 16.0 Å². The van der Waals surface area contributed by atoms with Crippen molar-refractivity contribution in [3.63, 3.8) is 0 Å². The Morgan fingerprint density at radius 3 is 1.85 bits per heavy atom. The molecule has 2 unspecified atom stereocenters. The first-order valence-corrected chi connectivity index (χ1v) is 11.5. The van der Waals surface area contributed by atoms with Crippen LogP contribution in [0.5, 0.6) is 0 Å². The van der Waals surface area contributed by atoms with Crippen molar-refractivity contribution in [3.8, 4) is 0 Å². The fourth-order valence-corrected chi connectivity index (χ4v) is 5.61. The Labute approximate surface area is 171 Å². The van der Waals surface area contributed by atoms with Crippen LogP contribution in [0, 0.1) is 11.8 Å². The van der Waals surface area contributed by atoms with Crippen LogP contribution in [-0.4, -0.2) is 78.1 Å². The quantitative estimate of drug-likeness (QED) is 0.416. The standard InChI is InChI=1S/C16H25O8S.Na/c1-22-14(17)11-8-12(15(18)23-2)10-13(9-11)24-16(25(19,20)21)6-4-3-5-7-16;/h3,11-13H,4-10H2,1-2H3,(H,19,20,21);. The molecule has 0 radical (unpaired) electrons. The van der Waals surface area contributed by atoms with Gasteiger partial charge in [-0.2, -0.15) is 0 Å². The summed E-state index contributed by atoms with van der Waals surface area (Å²) in [4.78, 5) is 22.3. The molecule has 8 nitrogen and oxygen atoms in total. The van der Waals surface area contributed by atoms with Gasteiger partial charge in [0.05, 0.1) is 0 Å². The van der Waals surface area contributed by atoms with Gasteiger partial charge in [-0.1, -0.05) is 0 Å². The molecule has 2 atom stereocenters. The molecule has 0 aromatic heterocycles. The van der Waals surface area contributed by atoms with Gasteiger partial charge in [0.25, 0.3) is 0 Å². The van der Waals surface area contributed by atoms with Gasteiger partial charge in [-0.15, -0.1) is 0 Å². The van der Waals surface area contributed by atoms with Gasteiger partial charge in [0.1, 0.15) is 0 Å². The molecule has 2 fully saturated rings. The molecule has 0 amide bonds. The summed E-state index contributed by atoms with van der Waals surface area (Å²) in [6.07, 6.45) is 1.94. The van der Waals surface area contributed by atoms with E-state index in [1.54, 1.807) is 0 Å². The molecule has 0 saturated heterocycles. The van der Waals surface area contributed by atoms with Crippen LogP contribution in [0.4, 0.5) is 0 Å². The van der Waals surface area contributed by atoms with E-state index < -0.39 is 44.9 Å². The Morgan fingerprint density at radius 1 is 1.00 bits per heavy atom. The molecule has 2 aliphatic rings. The molecular formula is C16H25NaO8S. The fraction of sp³-hybridized carbons (Fsp3) is 0.875. The number of methoxy groups -OCH3 is 2. The topological polar surface area (TPSA) is 116 Å². The van der Waals surface area contributed by atoms with Crippen LogP contribution in [0.15, 0.2) is 0 Å². The van der Waals surface area contributed by atoms with E-state index in [9.17, 15) is 22.6 Å². The fourth-order valence-electron chi connectivity index (χ4n) is 4.02. The van der Waals surface area contributed by atoms with Crippen LogP contribution >= 0.6 is 0 Å². The summed E-state index contributed by atoms with van der Waals surface area (Å²) in [5, 5.41) is 0. The van der Waals surface area contributed by atoms with E-state index in [1.165, 1.54) is 14.2 Å². The Hall–Kier alpha value is -0.190. The van der Waals surface area contributed by atoms with Crippen LogP contribution in [0.1, 0.15) is 44.9 Å². The number of ether oxygens (including phenoxy) is 3. The van der Waals surface area contributed by atoms with Gasteiger partial charge >= 0.3 is 172 Å². The number of carbonyl (C=O) groups is 2. The van der Waals surface area contributed by atoms with Gasteiger partial charge in [0, 0.05) is 0 Å². The maximum atomic E-state index is 12.1. The number of hydrogen-bond acceptors (Lipinski definition) is 7. The molecule has 0 aliphatic heterocycles. The molecule has 1 N–H and O–H groups in total. The van der Waals surface area contributed by atoms with E-state index in [1.807, 2.05) is 0 Å². The molecule has 10 heteroatoms.